The molecule has 3 amide bonds. The molecule has 2 saturated heterocycles. The molecule has 0 N–H and O–H groups in total. The first-order valence-corrected chi connectivity index (χ1v) is 14.0. The van der Waals surface area contributed by atoms with Crippen LogP contribution in [-0.2, 0) is 11.3 Å². The van der Waals surface area contributed by atoms with Gasteiger partial charge in [-0.1, -0.05) is 78.9 Å². The Kier molecular flexibility index (Phi) is 7.47. The molecule has 8 nitrogen and oxygen atoms in total. The van der Waals surface area contributed by atoms with E-state index in [-0.39, 0.29) is 24.3 Å². The normalized spacial score (nSPS) is 20.2. The van der Waals surface area contributed by atoms with Crippen LogP contribution in [0.5, 0.6) is 0 Å². The van der Waals surface area contributed by atoms with Crippen LogP contribution in [0.1, 0.15) is 22.7 Å². The van der Waals surface area contributed by atoms with Gasteiger partial charge in [0, 0.05) is 45.8 Å². The summed E-state index contributed by atoms with van der Waals surface area (Å²) in [5.41, 5.74) is 3.01. The molecule has 6 rings (SSSR count). The molecular formula is C32H34FN6O2+. The molecule has 0 spiro atoms. The second kappa shape index (κ2) is 11.3. The van der Waals surface area contributed by atoms with Crippen molar-refractivity contribution in [1.82, 2.24) is 19.6 Å². The van der Waals surface area contributed by atoms with Crippen molar-refractivity contribution in [2.45, 2.75) is 18.6 Å². The maximum atomic E-state index is 14.7. The highest BCUT2D eigenvalue weighted by Gasteiger charge is 2.53. The Balaban J connectivity index is 1.25. The molecule has 1 unspecified atom stereocenters. The molecule has 2 fully saturated rings. The molecule has 210 valence electrons. The van der Waals surface area contributed by atoms with Crippen molar-refractivity contribution >= 4 is 23.6 Å². The van der Waals surface area contributed by atoms with Crippen molar-refractivity contribution in [2.75, 3.05) is 46.8 Å². The molecule has 0 saturated carbocycles. The Bertz CT molecular complexity index is 1460. The number of halogens is 1. The Hall–Kier alpha value is -4.21. The van der Waals surface area contributed by atoms with E-state index in [4.69, 9.17) is 4.99 Å². The number of urea groups is 1. The number of rotatable bonds is 7. The van der Waals surface area contributed by atoms with Crippen molar-refractivity contribution in [3.8, 4) is 0 Å². The van der Waals surface area contributed by atoms with E-state index in [1.807, 2.05) is 16.7 Å². The first-order valence-electron chi connectivity index (χ1n) is 14.0. The number of fused-ring (bicyclic) bond motifs is 1. The average molecular weight is 554 g/mol. The second-order valence-electron chi connectivity index (χ2n) is 10.8. The van der Waals surface area contributed by atoms with Crippen molar-refractivity contribution < 1.29 is 18.6 Å². The van der Waals surface area contributed by atoms with Gasteiger partial charge in [0.15, 0.2) is 0 Å². The predicted octanol–water partition coefficient (Wildman–Crippen LogP) is 3.45. The van der Waals surface area contributed by atoms with Gasteiger partial charge in [0.1, 0.15) is 18.9 Å². The number of hydrogen-bond acceptors (Lipinski definition) is 5. The molecule has 0 aromatic heterocycles. The zero-order valence-corrected chi connectivity index (χ0v) is 23.4. The Morgan fingerprint density at radius 1 is 0.829 bits per heavy atom. The summed E-state index contributed by atoms with van der Waals surface area (Å²) >= 11 is 0. The Morgan fingerprint density at radius 2 is 1.41 bits per heavy atom. The molecule has 0 aliphatic carbocycles. The second-order valence-corrected chi connectivity index (χ2v) is 10.8. The number of carbonyl (C=O) groups excluding carboxylic acids is 2. The lowest BCUT2D eigenvalue weighted by Crippen LogP contribution is -2.61. The van der Waals surface area contributed by atoms with Crippen LogP contribution in [-0.4, -0.2) is 101 Å². The fourth-order valence-corrected chi connectivity index (χ4v) is 6.03. The number of likely N-dealkylation sites (N-methyl/N-ethyl adjacent to an activating group) is 2. The van der Waals surface area contributed by atoms with E-state index in [0.717, 1.165) is 31.1 Å². The smallest absolute Gasteiger partial charge is 0.290 e. The van der Waals surface area contributed by atoms with Gasteiger partial charge in [0.25, 0.3) is 17.8 Å². The van der Waals surface area contributed by atoms with E-state index in [1.165, 1.54) is 29.1 Å². The van der Waals surface area contributed by atoms with Crippen LogP contribution in [0.3, 0.4) is 0 Å². The lowest BCUT2D eigenvalue weighted by atomic mass is 9.96. The lowest BCUT2D eigenvalue weighted by Gasteiger charge is -2.39. The molecule has 3 heterocycles. The van der Waals surface area contributed by atoms with Crippen molar-refractivity contribution in [2.24, 2.45) is 4.99 Å². The molecule has 3 aromatic rings. The van der Waals surface area contributed by atoms with Gasteiger partial charge < -0.3 is 0 Å². The highest BCUT2D eigenvalue weighted by molar-refractivity contribution is 6.23. The maximum Gasteiger partial charge on any atom is 0.333 e. The van der Waals surface area contributed by atoms with E-state index in [2.05, 4.69) is 58.3 Å². The minimum atomic E-state index is -0.765. The number of aliphatic imine (C=N–C) groups is 1. The Labute approximate surface area is 239 Å². The van der Waals surface area contributed by atoms with E-state index in [0.29, 0.717) is 23.8 Å². The number of hydrogen-bond donors (Lipinski definition) is 0. The average Bonchev–Trinajstić information content (AvgIpc) is 3.36. The van der Waals surface area contributed by atoms with Gasteiger partial charge in [0.2, 0.25) is 0 Å². The number of amidine groups is 2. The summed E-state index contributed by atoms with van der Waals surface area (Å²) in [6.07, 6.45) is 0. The largest absolute Gasteiger partial charge is 0.333 e. The van der Waals surface area contributed by atoms with Crippen LogP contribution in [0.4, 0.5) is 9.18 Å². The summed E-state index contributed by atoms with van der Waals surface area (Å²) in [4.78, 5) is 38.2. The fraction of sp³-hybridized carbons (Fsp3) is 0.312. The molecule has 0 bridgehead atoms. The molecule has 41 heavy (non-hydrogen) atoms. The number of amides is 3. The van der Waals surface area contributed by atoms with Crippen LogP contribution in [0.2, 0.25) is 0 Å². The highest BCUT2D eigenvalue weighted by Crippen LogP contribution is 2.30. The van der Waals surface area contributed by atoms with Gasteiger partial charge >= 0.3 is 11.9 Å². The molecule has 1 atom stereocenters. The van der Waals surface area contributed by atoms with Crippen LogP contribution in [0.25, 0.3) is 0 Å². The third-order valence-corrected chi connectivity index (χ3v) is 8.28. The van der Waals surface area contributed by atoms with Gasteiger partial charge in [0.05, 0.1) is 6.04 Å². The molecular weight excluding hydrogens is 519 g/mol. The zero-order chi connectivity index (χ0) is 28.5. The highest BCUT2D eigenvalue weighted by atomic mass is 19.1. The molecule has 3 aliphatic rings. The standard InChI is InChI=1S/C32H34FN6O2/c1-35-30-29(31(40)36(2)32(35)41)39(21-25-15-9-10-16-26(25)33)27(34-30)22-37-17-19-38(20-18-37)28(23-11-5-3-6-12-23)24-13-7-4-8-14-24/h3-16,28-29H,17-22H2,1-2H3/q+1. The van der Waals surface area contributed by atoms with Gasteiger partial charge in [-0.15, -0.1) is 0 Å². The molecule has 0 radical (unpaired) electrons. The molecule has 3 aromatic carbocycles. The van der Waals surface area contributed by atoms with Crippen LogP contribution in [0, 0.1) is 5.82 Å². The topological polar surface area (TPSA) is 62.5 Å². The van der Waals surface area contributed by atoms with E-state index in [1.54, 1.807) is 25.2 Å². The molecule has 9 heteroatoms. The number of nitrogens with zero attached hydrogens (tertiary/aromatic N) is 6. The van der Waals surface area contributed by atoms with Crippen molar-refractivity contribution in [1.29, 1.82) is 0 Å². The van der Waals surface area contributed by atoms with Crippen molar-refractivity contribution in [3.05, 3.63) is 107 Å². The van der Waals surface area contributed by atoms with Crippen molar-refractivity contribution in [3.63, 3.8) is 0 Å². The zero-order valence-electron chi connectivity index (χ0n) is 23.4. The minimum Gasteiger partial charge on any atom is -0.290 e. The minimum absolute atomic E-state index is 0.159. The first-order chi connectivity index (χ1) is 19.9. The summed E-state index contributed by atoms with van der Waals surface area (Å²) in [5.74, 6) is 0.392. The summed E-state index contributed by atoms with van der Waals surface area (Å²) in [5, 5.41) is 0. The van der Waals surface area contributed by atoms with Gasteiger partial charge in [-0.3, -0.25) is 24.4 Å². The van der Waals surface area contributed by atoms with Gasteiger partial charge in [-0.2, -0.15) is 0 Å². The maximum absolute atomic E-state index is 14.7. The number of carbonyl (C=O) groups is 2. The summed E-state index contributed by atoms with van der Waals surface area (Å²) in [6, 6.07) is 26.7. The number of benzene rings is 3. The van der Waals surface area contributed by atoms with E-state index >= 15 is 0 Å². The van der Waals surface area contributed by atoms with Crippen LogP contribution >= 0.6 is 0 Å². The van der Waals surface area contributed by atoms with Gasteiger partial charge in [-0.05, 0) is 22.2 Å². The first kappa shape index (κ1) is 27.0. The Morgan fingerprint density at radius 3 is 2.02 bits per heavy atom. The fourth-order valence-electron chi connectivity index (χ4n) is 6.03. The van der Waals surface area contributed by atoms with E-state index < -0.39 is 12.1 Å². The summed E-state index contributed by atoms with van der Waals surface area (Å²) in [6.45, 7) is 4.02. The third kappa shape index (κ3) is 5.18. The predicted molar refractivity (Wildman–Crippen MR) is 155 cm³/mol. The number of imide groups is 1. The SMILES string of the molecule is CN1C(=O)C2C(=NC(CN3CCN(C(c4ccccc4)c4ccccc4)CC3)=[N+]2Cc2ccccc2F)N(C)C1=O. The van der Waals surface area contributed by atoms with Crippen LogP contribution in [0.15, 0.2) is 89.9 Å². The quantitative estimate of drug-likeness (QED) is 0.421. The van der Waals surface area contributed by atoms with Crippen LogP contribution < -0.4 is 0 Å². The summed E-state index contributed by atoms with van der Waals surface area (Å²) in [7, 11) is 3.11. The summed E-state index contributed by atoms with van der Waals surface area (Å²) < 4.78 is 16.6. The third-order valence-electron chi connectivity index (χ3n) is 8.28. The van der Waals surface area contributed by atoms with E-state index in [9.17, 15) is 14.0 Å². The lowest BCUT2D eigenvalue weighted by molar-refractivity contribution is -0.552. The molecule has 3 aliphatic heterocycles. The monoisotopic (exact) mass is 553 g/mol. The van der Waals surface area contributed by atoms with Gasteiger partial charge in [-0.25, -0.2) is 13.8 Å². The number of piperazine rings is 1.